The van der Waals surface area contributed by atoms with Crippen LogP contribution in [0.15, 0.2) is 97.1 Å². The maximum absolute atomic E-state index is 12.5. The smallest absolute Gasteiger partial charge is 0.349 e. The molecule has 0 radical (unpaired) electrons. The quantitative estimate of drug-likeness (QED) is 0.268. The summed E-state index contributed by atoms with van der Waals surface area (Å²) >= 11 is 0. The number of esters is 1. The maximum atomic E-state index is 12.5. The minimum Gasteiger partial charge on any atom is -0.482 e. The molecule has 0 aliphatic carbocycles. The Hall–Kier alpha value is -4.38. The zero-order valence-corrected chi connectivity index (χ0v) is 19.1. The van der Waals surface area contributed by atoms with E-state index >= 15 is 0 Å². The van der Waals surface area contributed by atoms with Gasteiger partial charge in [0.25, 0.3) is 5.91 Å². The van der Waals surface area contributed by atoms with E-state index in [0.29, 0.717) is 17.1 Å². The van der Waals surface area contributed by atoms with Crippen LogP contribution < -0.4 is 14.8 Å². The molecule has 4 rings (SSSR count). The van der Waals surface area contributed by atoms with Crippen molar-refractivity contribution in [1.29, 1.82) is 0 Å². The summed E-state index contributed by atoms with van der Waals surface area (Å²) in [6, 6.07) is 29.8. The molecule has 0 unspecified atom stereocenters. The normalized spacial score (nSPS) is 10.4. The fourth-order valence-corrected chi connectivity index (χ4v) is 3.50. The number of carbonyl (C=O) groups is 2. The summed E-state index contributed by atoms with van der Waals surface area (Å²) in [7, 11) is 0. The van der Waals surface area contributed by atoms with E-state index in [1.54, 1.807) is 24.3 Å². The zero-order chi connectivity index (χ0) is 23.9. The second-order valence-electron chi connectivity index (χ2n) is 7.95. The molecule has 0 saturated heterocycles. The van der Waals surface area contributed by atoms with Crippen molar-refractivity contribution < 1.29 is 19.1 Å². The zero-order valence-electron chi connectivity index (χ0n) is 19.1. The number of amides is 1. The monoisotopic (exact) mass is 451 g/mol. The van der Waals surface area contributed by atoms with Crippen molar-refractivity contribution in [3.05, 3.63) is 114 Å². The molecular formula is C29H25NO4. The van der Waals surface area contributed by atoms with Crippen LogP contribution in [-0.2, 0) is 4.79 Å². The van der Waals surface area contributed by atoms with Crippen molar-refractivity contribution in [2.75, 3.05) is 11.9 Å². The first kappa shape index (κ1) is 22.8. The lowest BCUT2D eigenvalue weighted by Gasteiger charge is -2.10. The lowest BCUT2D eigenvalue weighted by Crippen LogP contribution is -2.18. The summed E-state index contributed by atoms with van der Waals surface area (Å²) in [6.07, 6.45) is 0. The van der Waals surface area contributed by atoms with Crippen LogP contribution in [0, 0.1) is 13.8 Å². The van der Waals surface area contributed by atoms with Crippen LogP contribution in [0.3, 0.4) is 0 Å². The van der Waals surface area contributed by atoms with E-state index in [4.69, 9.17) is 9.47 Å². The first-order valence-corrected chi connectivity index (χ1v) is 11.0. The molecule has 0 saturated carbocycles. The van der Waals surface area contributed by atoms with E-state index in [1.807, 2.05) is 86.6 Å². The van der Waals surface area contributed by atoms with Gasteiger partial charge in [-0.3, -0.25) is 4.79 Å². The summed E-state index contributed by atoms with van der Waals surface area (Å²) in [5.41, 5.74) is 5.54. The van der Waals surface area contributed by atoms with Gasteiger partial charge >= 0.3 is 5.97 Å². The van der Waals surface area contributed by atoms with Crippen LogP contribution in [0.5, 0.6) is 11.5 Å². The number of hydrogen-bond acceptors (Lipinski definition) is 4. The Balaban J connectivity index is 1.28. The summed E-state index contributed by atoms with van der Waals surface area (Å²) in [6.45, 7) is 3.73. The molecule has 34 heavy (non-hydrogen) atoms. The van der Waals surface area contributed by atoms with Gasteiger partial charge in [-0.25, -0.2) is 4.79 Å². The van der Waals surface area contributed by atoms with E-state index in [1.165, 1.54) is 0 Å². The molecule has 4 aromatic rings. The SMILES string of the molecule is Cc1ccc(NC(=O)c2ccc(OC(=O)COc3ccc(-c4ccccc4)cc3)cc2)c(C)c1. The summed E-state index contributed by atoms with van der Waals surface area (Å²) in [4.78, 5) is 24.7. The lowest BCUT2D eigenvalue weighted by molar-refractivity contribution is -0.136. The third-order valence-electron chi connectivity index (χ3n) is 5.30. The van der Waals surface area contributed by atoms with E-state index in [0.717, 1.165) is 27.9 Å². The number of benzene rings is 4. The largest absolute Gasteiger partial charge is 0.482 e. The van der Waals surface area contributed by atoms with E-state index in [2.05, 4.69) is 5.32 Å². The number of carbonyl (C=O) groups excluding carboxylic acids is 2. The molecule has 1 amide bonds. The molecule has 5 heteroatoms. The Morgan fingerprint density at radius 2 is 1.38 bits per heavy atom. The number of ether oxygens (including phenoxy) is 2. The highest BCUT2D eigenvalue weighted by molar-refractivity contribution is 6.04. The molecule has 0 spiro atoms. The van der Waals surface area contributed by atoms with Gasteiger partial charge < -0.3 is 14.8 Å². The van der Waals surface area contributed by atoms with Crippen LogP contribution in [-0.4, -0.2) is 18.5 Å². The summed E-state index contributed by atoms with van der Waals surface area (Å²) in [5, 5.41) is 2.90. The molecule has 0 bridgehead atoms. The van der Waals surface area contributed by atoms with Crippen LogP contribution in [0.4, 0.5) is 5.69 Å². The second kappa shape index (κ2) is 10.5. The Kier molecular flexibility index (Phi) is 7.04. The van der Waals surface area contributed by atoms with E-state index < -0.39 is 5.97 Å². The van der Waals surface area contributed by atoms with Gasteiger partial charge in [-0.1, -0.05) is 60.2 Å². The van der Waals surface area contributed by atoms with Gasteiger partial charge in [0.05, 0.1) is 0 Å². The van der Waals surface area contributed by atoms with Crippen LogP contribution in [0.2, 0.25) is 0 Å². The molecule has 0 aliphatic rings. The maximum Gasteiger partial charge on any atom is 0.349 e. The Morgan fingerprint density at radius 1 is 0.735 bits per heavy atom. The van der Waals surface area contributed by atoms with E-state index in [-0.39, 0.29) is 12.5 Å². The van der Waals surface area contributed by atoms with Crippen LogP contribution in [0.25, 0.3) is 11.1 Å². The highest BCUT2D eigenvalue weighted by Crippen LogP contribution is 2.22. The van der Waals surface area contributed by atoms with Gasteiger partial charge in [-0.2, -0.15) is 0 Å². The van der Waals surface area contributed by atoms with Crippen molar-refractivity contribution in [3.8, 4) is 22.6 Å². The molecule has 5 nitrogen and oxygen atoms in total. The van der Waals surface area contributed by atoms with Crippen LogP contribution >= 0.6 is 0 Å². The van der Waals surface area contributed by atoms with Gasteiger partial charge in [0, 0.05) is 11.3 Å². The third kappa shape index (κ3) is 5.90. The van der Waals surface area contributed by atoms with Crippen molar-refractivity contribution in [3.63, 3.8) is 0 Å². The highest BCUT2D eigenvalue weighted by atomic mass is 16.6. The molecule has 170 valence electrons. The predicted molar refractivity (Wildman–Crippen MR) is 133 cm³/mol. The minimum absolute atomic E-state index is 0.223. The first-order chi connectivity index (χ1) is 16.5. The Bertz CT molecular complexity index is 1280. The molecule has 1 N–H and O–H groups in total. The highest BCUT2D eigenvalue weighted by Gasteiger charge is 2.10. The van der Waals surface area contributed by atoms with Crippen molar-refractivity contribution in [2.45, 2.75) is 13.8 Å². The minimum atomic E-state index is -0.528. The molecule has 0 heterocycles. The Labute approximate surface area is 199 Å². The van der Waals surface area contributed by atoms with Crippen molar-refractivity contribution in [1.82, 2.24) is 0 Å². The average Bonchev–Trinajstić information content (AvgIpc) is 2.86. The number of hydrogen-bond donors (Lipinski definition) is 1. The van der Waals surface area contributed by atoms with E-state index in [9.17, 15) is 9.59 Å². The summed E-state index contributed by atoms with van der Waals surface area (Å²) in [5.74, 6) is 0.165. The number of rotatable bonds is 7. The van der Waals surface area contributed by atoms with Gasteiger partial charge in [0.2, 0.25) is 0 Å². The predicted octanol–water partition coefficient (Wildman–Crippen LogP) is 6.21. The lowest BCUT2D eigenvalue weighted by atomic mass is 10.1. The third-order valence-corrected chi connectivity index (χ3v) is 5.30. The molecule has 0 aliphatic heterocycles. The fourth-order valence-electron chi connectivity index (χ4n) is 3.50. The van der Waals surface area contributed by atoms with Crippen molar-refractivity contribution >= 4 is 17.6 Å². The Morgan fingerprint density at radius 3 is 2.06 bits per heavy atom. The molecule has 4 aromatic carbocycles. The summed E-state index contributed by atoms with van der Waals surface area (Å²) < 4.78 is 10.9. The standard InChI is InChI=1S/C29H25NO4/c1-20-8-17-27(21(2)18-20)30-29(32)24-11-15-26(16-12-24)34-28(31)19-33-25-13-9-23(10-14-25)22-6-4-3-5-7-22/h3-18H,19H2,1-2H3,(H,30,32). The molecule has 0 aromatic heterocycles. The van der Waals surface area contributed by atoms with Gasteiger partial charge in [0.15, 0.2) is 6.61 Å². The molecule has 0 atom stereocenters. The first-order valence-electron chi connectivity index (χ1n) is 11.0. The number of aryl methyl sites for hydroxylation is 2. The average molecular weight is 452 g/mol. The van der Waals surface area contributed by atoms with Crippen molar-refractivity contribution in [2.24, 2.45) is 0 Å². The number of anilines is 1. The number of nitrogens with one attached hydrogen (secondary N) is 1. The topological polar surface area (TPSA) is 64.6 Å². The second-order valence-corrected chi connectivity index (χ2v) is 7.95. The van der Waals surface area contributed by atoms with Crippen LogP contribution in [0.1, 0.15) is 21.5 Å². The fraction of sp³-hybridized carbons (Fsp3) is 0.103. The van der Waals surface area contributed by atoms with Gasteiger partial charge in [-0.05, 0) is 73.0 Å². The molecule has 0 fully saturated rings. The van der Waals surface area contributed by atoms with Gasteiger partial charge in [-0.15, -0.1) is 0 Å². The molecular weight excluding hydrogens is 426 g/mol. The van der Waals surface area contributed by atoms with Gasteiger partial charge in [0.1, 0.15) is 11.5 Å².